The van der Waals surface area contributed by atoms with Crippen molar-refractivity contribution in [3.8, 4) is 5.75 Å². The molecule has 1 aromatic carbocycles. The SMILES string of the molecule is COc1ccc([C@@H](C)Nc2nc(C)nc3sc4c(c23)CCC4)cc1F. The summed E-state index contributed by atoms with van der Waals surface area (Å²) in [5, 5.41) is 4.61. The lowest BCUT2D eigenvalue weighted by molar-refractivity contribution is 0.386. The molecule has 4 nitrogen and oxygen atoms in total. The van der Waals surface area contributed by atoms with Crippen molar-refractivity contribution in [1.82, 2.24) is 9.97 Å². The fourth-order valence-corrected chi connectivity index (χ4v) is 4.75. The van der Waals surface area contributed by atoms with Gasteiger partial charge in [-0.1, -0.05) is 6.07 Å². The molecule has 0 bridgehead atoms. The highest BCUT2D eigenvalue weighted by Gasteiger charge is 2.22. The Balaban J connectivity index is 1.71. The number of rotatable bonds is 4. The Morgan fingerprint density at radius 3 is 2.88 bits per heavy atom. The number of thiophene rings is 1. The zero-order valence-electron chi connectivity index (χ0n) is 14.5. The van der Waals surface area contributed by atoms with Crippen molar-refractivity contribution in [2.24, 2.45) is 0 Å². The standard InChI is InChI=1S/C19H20FN3OS/c1-10(12-7-8-15(24-3)14(20)9-12)21-18-17-13-5-4-6-16(13)25-19(17)23-11(2)22-18/h7-10H,4-6H2,1-3H3,(H,21,22,23)/t10-/m1/s1. The van der Waals surface area contributed by atoms with Gasteiger partial charge < -0.3 is 10.1 Å². The molecule has 1 atom stereocenters. The summed E-state index contributed by atoms with van der Waals surface area (Å²) in [6.45, 7) is 3.92. The predicted molar refractivity (Wildman–Crippen MR) is 99.2 cm³/mol. The minimum Gasteiger partial charge on any atom is -0.494 e. The Bertz CT molecular complexity index is 953. The monoisotopic (exact) mass is 357 g/mol. The molecule has 2 heterocycles. The van der Waals surface area contributed by atoms with E-state index in [0.29, 0.717) is 0 Å². The molecule has 0 amide bonds. The zero-order valence-corrected chi connectivity index (χ0v) is 15.3. The molecule has 0 spiro atoms. The molecule has 0 saturated heterocycles. The third-order valence-corrected chi connectivity index (χ3v) is 5.89. The summed E-state index contributed by atoms with van der Waals surface area (Å²) in [6, 6.07) is 4.98. The van der Waals surface area contributed by atoms with Crippen molar-refractivity contribution in [2.75, 3.05) is 12.4 Å². The summed E-state index contributed by atoms with van der Waals surface area (Å²) in [7, 11) is 1.47. The van der Waals surface area contributed by atoms with Crippen LogP contribution in [0.25, 0.3) is 10.2 Å². The number of halogens is 1. The van der Waals surface area contributed by atoms with Gasteiger partial charge in [0.1, 0.15) is 16.5 Å². The van der Waals surface area contributed by atoms with Crippen molar-refractivity contribution >= 4 is 27.4 Å². The van der Waals surface area contributed by atoms with Crippen molar-refractivity contribution in [3.05, 3.63) is 45.8 Å². The average Bonchev–Trinajstić information content (AvgIpc) is 3.14. The van der Waals surface area contributed by atoms with Crippen molar-refractivity contribution in [1.29, 1.82) is 0 Å². The van der Waals surface area contributed by atoms with Gasteiger partial charge in [-0.3, -0.25) is 0 Å². The molecular formula is C19H20FN3OS. The fraction of sp³-hybridized carbons (Fsp3) is 0.368. The van der Waals surface area contributed by atoms with Crippen LogP contribution in [-0.2, 0) is 12.8 Å². The highest BCUT2D eigenvalue weighted by molar-refractivity contribution is 7.19. The molecule has 0 radical (unpaired) electrons. The molecule has 1 aliphatic carbocycles. The third kappa shape index (κ3) is 2.84. The number of hydrogen-bond acceptors (Lipinski definition) is 5. The van der Waals surface area contributed by atoms with E-state index in [0.717, 1.165) is 40.3 Å². The van der Waals surface area contributed by atoms with E-state index in [2.05, 4.69) is 15.3 Å². The molecule has 1 N–H and O–H groups in total. The van der Waals surface area contributed by atoms with Gasteiger partial charge in [0.2, 0.25) is 0 Å². The van der Waals surface area contributed by atoms with E-state index in [1.807, 2.05) is 19.9 Å². The van der Waals surface area contributed by atoms with Crippen LogP contribution in [0, 0.1) is 12.7 Å². The number of nitrogens with zero attached hydrogens (tertiary/aromatic N) is 2. The number of ether oxygens (including phenoxy) is 1. The lowest BCUT2D eigenvalue weighted by Gasteiger charge is -2.17. The molecule has 1 aliphatic rings. The molecule has 25 heavy (non-hydrogen) atoms. The van der Waals surface area contributed by atoms with E-state index >= 15 is 0 Å². The molecule has 130 valence electrons. The van der Waals surface area contributed by atoms with Gasteiger partial charge in [0.05, 0.1) is 18.5 Å². The van der Waals surface area contributed by atoms with Crippen LogP contribution in [-0.4, -0.2) is 17.1 Å². The van der Waals surface area contributed by atoms with Crippen LogP contribution in [0.2, 0.25) is 0 Å². The van der Waals surface area contributed by atoms with Crippen LogP contribution in [0.4, 0.5) is 10.2 Å². The summed E-state index contributed by atoms with van der Waals surface area (Å²) >= 11 is 1.78. The van der Waals surface area contributed by atoms with Crippen molar-refractivity contribution in [2.45, 2.75) is 39.2 Å². The van der Waals surface area contributed by atoms with Gasteiger partial charge in [0, 0.05) is 4.88 Å². The fourth-order valence-electron chi connectivity index (χ4n) is 3.45. The smallest absolute Gasteiger partial charge is 0.165 e. The number of fused-ring (bicyclic) bond motifs is 3. The maximum absolute atomic E-state index is 14.0. The largest absolute Gasteiger partial charge is 0.494 e. The molecule has 6 heteroatoms. The maximum Gasteiger partial charge on any atom is 0.165 e. The highest BCUT2D eigenvalue weighted by atomic mass is 32.1. The summed E-state index contributed by atoms with van der Waals surface area (Å²) < 4.78 is 19.0. The van der Waals surface area contributed by atoms with Crippen molar-refractivity contribution in [3.63, 3.8) is 0 Å². The van der Waals surface area contributed by atoms with Crippen LogP contribution >= 0.6 is 11.3 Å². The summed E-state index contributed by atoms with van der Waals surface area (Å²) in [6.07, 6.45) is 3.42. The van der Waals surface area contributed by atoms with E-state index in [1.165, 1.54) is 30.0 Å². The van der Waals surface area contributed by atoms with E-state index < -0.39 is 0 Å². The quantitative estimate of drug-likeness (QED) is 0.728. The third-order valence-electron chi connectivity index (χ3n) is 4.71. The van der Waals surface area contributed by atoms with Crippen molar-refractivity contribution < 1.29 is 9.13 Å². The second-order valence-electron chi connectivity index (χ2n) is 6.42. The maximum atomic E-state index is 14.0. The Kier molecular flexibility index (Phi) is 4.07. The van der Waals surface area contributed by atoms with E-state index in [1.54, 1.807) is 17.4 Å². The highest BCUT2D eigenvalue weighted by Crippen LogP contribution is 2.40. The lowest BCUT2D eigenvalue weighted by atomic mass is 10.1. The number of methoxy groups -OCH3 is 1. The summed E-state index contributed by atoms with van der Waals surface area (Å²) in [5.41, 5.74) is 2.24. The molecule has 0 saturated carbocycles. The van der Waals surface area contributed by atoms with Gasteiger partial charge in [0.15, 0.2) is 11.6 Å². The van der Waals surface area contributed by atoms with Gasteiger partial charge in [-0.15, -0.1) is 11.3 Å². The molecule has 0 fully saturated rings. The second-order valence-corrected chi connectivity index (χ2v) is 7.50. The van der Waals surface area contributed by atoms with E-state index in [9.17, 15) is 4.39 Å². The first-order valence-electron chi connectivity index (χ1n) is 8.45. The minimum atomic E-state index is -0.353. The Hall–Kier alpha value is -2.21. The number of nitrogens with one attached hydrogen (secondary N) is 1. The first-order chi connectivity index (χ1) is 12.1. The summed E-state index contributed by atoms with van der Waals surface area (Å²) in [5.74, 6) is 1.51. The van der Waals surface area contributed by atoms with Crippen LogP contribution in [0.5, 0.6) is 5.75 Å². The number of benzene rings is 1. The Morgan fingerprint density at radius 2 is 2.12 bits per heavy atom. The number of aromatic nitrogens is 2. The summed E-state index contributed by atoms with van der Waals surface area (Å²) in [4.78, 5) is 11.7. The average molecular weight is 357 g/mol. The Labute approximate surface area is 150 Å². The van der Waals surface area contributed by atoms with Gasteiger partial charge in [-0.25, -0.2) is 14.4 Å². The minimum absolute atomic E-state index is 0.0742. The molecule has 2 aromatic heterocycles. The van der Waals surface area contributed by atoms with Gasteiger partial charge in [0.25, 0.3) is 0 Å². The predicted octanol–water partition coefficient (Wildman–Crippen LogP) is 4.81. The molecule has 3 aromatic rings. The van der Waals surface area contributed by atoms with Crippen LogP contribution in [0.3, 0.4) is 0 Å². The van der Waals surface area contributed by atoms with Gasteiger partial charge in [-0.05, 0) is 56.4 Å². The number of aryl methyl sites for hydroxylation is 3. The first kappa shape index (κ1) is 16.3. The molecular weight excluding hydrogens is 337 g/mol. The zero-order chi connectivity index (χ0) is 17.6. The molecule has 0 unspecified atom stereocenters. The van der Waals surface area contributed by atoms with Gasteiger partial charge in [-0.2, -0.15) is 0 Å². The Morgan fingerprint density at radius 1 is 1.28 bits per heavy atom. The molecule has 4 rings (SSSR count). The van der Waals surface area contributed by atoms with E-state index in [-0.39, 0.29) is 17.6 Å². The van der Waals surface area contributed by atoms with Crippen LogP contribution in [0.1, 0.15) is 41.2 Å². The van der Waals surface area contributed by atoms with Gasteiger partial charge >= 0.3 is 0 Å². The normalized spacial score (nSPS) is 14.6. The number of anilines is 1. The van der Waals surface area contributed by atoms with E-state index in [4.69, 9.17) is 4.74 Å². The second kappa shape index (κ2) is 6.26. The van der Waals surface area contributed by atoms with Crippen LogP contribution < -0.4 is 10.1 Å². The topological polar surface area (TPSA) is 47.0 Å². The number of hydrogen-bond donors (Lipinski definition) is 1. The molecule has 0 aliphatic heterocycles. The first-order valence-corrected chi connectivity index (χ1v) is 9.27. The van der Waals surface area contributed by atoms with Crippen LogP contribution in [0.15, 0.2) is 18.2 Å². The lowest BCUT2D eigenvalue weighted by Crippen LogP contribution is -2.10.